The predicted octanol–water partition coefficient (Wildman–Crippen LogP) is 0.221. The number of rotatable bonds is 9. The van der Waals surface area contributed by atoms with Crippen molar-refractivity contribution in [2.75, 3.05) is 20.3 Å². The number of carbonyl (C=O) groups is 2. The normalized spacial score (nSPS) is 42.2. The number of esters is 2. The number of aromatic hydroxyl groups is 1. The number of phenols is 1. The second-order valence-corrected chi connectivity index (χ2v) is 12.5. The molecule has 3 aliphatic carbocycles. The van der Waals surface area contributed by atoms with Gasteiger partial charge in [-0.2, -0.15) is 0 Å². The van der Waals surface area contributed by atoms with Gasteiger partial charge in [0.1, 0.15) is 60.3 Å². The average Bonchev–Trinajstić information content (AvgIpc) is 3.21. The lowest BCUT2D eigenvalue weighted by Gasteiger charge is -2.67. The fourth-order valence-electron chi connectivity index (χ4n) is 7.85. The molecule has 4 heterocycles. The molecule has 0 amide bonds. The van der Waals surface area contributed by atoms with Crippen LogP contribution in [0.15, 0.2) is 48.5 Å². The third-order valence-corrected chi connectivity index (χ3v) is 10.2. The van der Waals surface area contributed by atoms with Crippen molar-refractivity contribution in [3.63, 3.8) is 0 Å². The van der Waals surface area contributed by atoms with Gasteiger partial charge in [0.05, 0.1) is 23.7 Å². The minimum atomic E-state index is -1.73. The van der Waals surface area contributed by atoms with Crippen LogP contribution < -0.4 is 4.74 Å². The molecule has 14 heteroatoms. The first-order valence-electron chi connectivity index (χ1n) is 14.6. The summed E-state index contributed by atoms with van der Waals surface area (Å²) in [5.74, 6) is -2.99. The molecule has 4 aliphatic heterocycles. The summed E-state index contributed by atoms with van der Waals surface area (Å²) in [7, 11) is 1.49. The van der Waals surface area contributed by atoms with E-state index in [-0.39, 0.29) is 36.3 Å². The Labute approximate surface area is 256 Å². The van der Waals surface area contributed by atoms with Crippen molar-refractivity contribution in [2.24, 2.45) is 11.3 Å². The Kier molecular flexibility index (Phi) is 6.96. The number of benzene rings is 2. The molecule has 7 fully saturated rings. The third kappa shape index (κ3) is 4.24. The summed E-state index contributed by atoms with van der Waals surface area (Å²) in [6, 6.07) is 11.7. The topological polar surface area (TPSA) is 200 Å². The van der Waals surface area contributed by atoms with Gasteiger partial charge in [-0.25, -0.2) is 9.59 Å². The van der Waals surface area contributed by atoms with Crippen LogP contribution in [0.2, 0.25) is 0 Å². The maximum absolute atomic E-state index is 12.9. The Balaban J connectivity index is 1.10. The Morgan fingerprint density at radius 3 is 2.22 bits per heavy atom. The SMILES string of the molecule is COc1ccc(C(=O)OC[C@H]2O[C@@H](O[C@]34C[C@@H]5[C@@]3(COC(=O)c3ccc(O)cc3)[C@H]3O[C@]5(O)C[C@]4(C)O3)[C@H](O)[C@@H](O)[C@@H]2O)cc1. The van der Waals surface area contributed by atoms with Crippen molar-refractivity contribution in [3.05, 3.63) is 59.7 Å². The second-order valence-electron chi connectivity index (χ2n) is 12.5. The van der Waals surface area contributed by atoms with E-state index in [1.54, 1.807) is 19.1 Å². The number of methoxy groups -OCH3 is 1. The van der Waals surface area contributed by atoms with Gasteiger partial charge in [0.2, 0.25) is 0 Å². The number of hydrogen-bond acceptors (Lipinski definition) is 14. The van der Waals surface area contributed by atoms with E-state index in [0.717, 1.165) is 0 Å². The van der Waals surface area contributed by atoms with Crippen molar-refractivity contribution >= 4 is 11.9 Å². The molecule has 7 aliphatic rings. The van der Waals surface area contributed by atoms with Gasteiger partial charge in [-0.05, 0) is 61.9 Å². The Bertz CT molecular complexity index is 1480. The number of hydrogen-bond donors (Lipinski definition) is 5. The molecule has 45 heavy (non-hydrogen) atoms. The molecule has 0 spiro atoms. The van der Waals surface area contributed by atoms with Crippen LogP contribution in [-0.4, -0.2) is 112 Å². The largest absolute Gasteiger partial charge is 0.508 e. The first kappa shape index (κ1) is 30.3. The van der Waals surface area contributed by atoms with Crippen molar-refractivity contribution in [3.8, 4) is 11.5 Å². The van der Waals surface area contributed by atoms with E-state index < -0.39 is 83.9 Å². The Morgan fingerprint density at radius 1 is 0.911 bits per heavy atom. The molecule has 4 saturated heterocycles. The molecule has 0 aromatic heterocycles. The zero-order valence-electron chi connectivity index (χ0n) is 24.4. The minimum Gasteiger partial charge on any atom is -0.508 e. The highest BCUT2D eigenvalue weighted by molar-refractivity contribution is 5.90. The highest BCUT2D eigenvalue weighted by Crippen LogP contribution is 2.81. The molecule has 0 unspecified atom stereocenters. The van der Waals surface area contributed by atoms with Gasteiger partial charge in [0.15, 0.2) is 18.4 Å². The first-order valence-corrected chi connectivity index (χ1v) is 14.6. The molecule has 2 aromatic rings. The van der Waals surface area contributed by atoms with E-state index in [9.17, 15) is 35.1 Å². The molecular weight excluding hydrogens is 596 g/mol. The van der Waals surface area contributed by atoms with E-state index >= 15 is 0 Å². The minimum absolute atomic E-state index is 0.0189. The lowest BCUT2D eigenvalue weighted by atomic mass is 9.41. The van der Waals surface area contributed by atoms with Crippen LogP contribution in [0.5, 0.6) is 11.5 Å². The zero-order valence-corrected chi connectivity index (χ0v) is 24.4. The molecule has 242 valence electrons. The van der Waals surface area contributed by atoms with Crippen LogP contribution in [0.3, 0.4) is 0 Å². The Hall–Kier alpha value is -3.34. The van der Waals surface area contributed by atoms with Gasteiger partial charge in [-0.3, -0.25) is 0 Å². The monoisotopic (exact) mass is 630 g/mol. The van der Waals surface area contributed by atoms with E-state index in [0.29, 0.717) is 5.75 Å². The molecule has 14 nitrogen and oxygen atoms in total. The standard InChI is InChI=1S/C31H34O14/c1-28-13-30(38)20-11-31(28,29(20,27(44-28)45-30)14-41-25(37)15-3-7-17(32)8-4-15)43-26-23(35)22(34)21(33)19(42-26)12-40-24(36)16-5-9-18(39-2)10-6-16/h3-10,19-23,26-27,32-35,38H,11-14H2,1-2H3/t19-,20-,21-,22+,23-,26+,27-,28+,29+,30-,31+/m1/s1. The maximum atomic E-state index is 12.9. The van der Waals surface area contributed by atoms with Crippen molar-refractivity contribution < 1.29 is 68.3 Å². The maximum Gasteiger partial charge on any atom is 0.338 e. The van der Waals surface area contributed by atoms with Crippen molar-refractivity contribution in [1.82, 2.24) is 0 Å². The molecule has 0 radical (unpaired) electrons. The number of ether oxygens (including phenoxy) is 7. The summed E-state index contributed by atoms with van der Waals surface area (Å²) in [5, 5.41) is 53.3. The summed E-state index contributed by atoms with van der Waals surface area (Å²) in [5.41, 5.74) is -3.29. The smallest absolute Gasteiger partial charge is 0.338 e. The highest BCUT2D eigenvalue weighted by atomic mass is 16.8. The highest BCUT2D eigenvalue weighted by Gasteiger charge is 2.94. The van der Waals surface area contributed by atoms with E-state index in [1.807, 2.05) is 0 Å². The molecule has 11 atom stereocenters. The first-order chi connectivity index (χ1) is 21.4. The lowest BCUT2D eigenvalue weighted by Crippen LogP contribution is -2.80. The number of aliphatic hydroxyl groups excluding tert-OH is 3. The van der Waals surface area contributed by atoms with Crippen LogP contribution in [0, 0.1) is 11.3 Å². The molecule has 3 saturated carbocycles. The summed E-state index contributed by atoms with van der Waals surface area (Å²) >= 11 is 0. The van der Waals surface area contributed by atoms with Crippen LogP contribution in [0.25, 0.3) is 0 Å². The van der Waals surface area contributed by atoms with Gasteiger partial charge in [-0.1, -0.05) is 0 Å². The second kappa shape index (κ2) is 10.3. The molecule has 5 N–H and O–H groups in total. The quantitative estimate of drug-likeness (QED) is 0.236. The van der Waals surface area contributed by atoms with Gasteiger partial charge >= 0.3 is 11.9 Å². The van der Waals surface area contributed by atoms with E-state index in [2.05, 4.69) is 0 Å². The van der Waals surface area contributed by atoms with Crippen LogP contribution in [-0.2, 0) is 28.4 Å². The zero-order chi connectivity index (χ0) is 31.9. The van der Waals surface area contributed by atoms with E-state index in [1.165, 1.54) is 43.5 Å². The number of phenolic OH excluding ortho intramolecular Hbond substituents is 1. The molecular formula is C31H34O14. The van der Waals surface area contributed by atoms with E-state index in [4.69, 9.17) is 33.2 Å². The number of carbonyl (C=O) groups excluding carboxylic acids is 2. The van der Waals surface area contributed by atoms with Crippen LogP contribution >= 0.6 is 0 Å². The fourth-order valence-corrected chi connectivity index (χ4v) is 7.85. The predicted molar refractivity (Wildman–Crippen MR) is 147 cm³/mol. The molecule has 2 aromatic carbocycles. The third-order valence-electron chi connectivity index (χ3n) is 10.2. The summed E-state index contributed by atoms with van der Waals surface area (Å²) < 4.78 is 40.7. The van der Waals surface area contributed by atoms with Gasteiger partial charge in [-0.15, -0.1) is 0 Å². The summed E-state index contributed by atoms with van der Waals surface area (Å²) in [4.78, 5) is 25.6. The lowest BCUT2D eigenvalue weighted by molar-refractivity contribution is -0.424. The van der Waals surface area contributed by atoms with Gasteiger partial charge in [0.25, 0.3) is 0 Å². The van der Waals surface area contributed by atoms with Crippen molar-refractivity contribution in [1.29, 1.82) is 0 Å². The average molecular weight is 631 g/mol. The summed E-state index contributed by atoms with van der Waals surface area (Å²) in [6.07, 6.45) is -8.70. The summed E-state index contributed by atoms with van der Waals surface area (Å²) in [6.45, 7) is 0.970. The molecule has 9 rings (SSSR count). The van der Waals surface area contributed by atoms with Crippen molar-refractivity contribution in [2.45, 2.75) is 73.8 Å². The fraction of sp³-hybridized carbons (Fsp3) is 0.548. The molecule has 6 bridgehead atoms. The number of aliphatic hydroxyl groups is 4. The van der Waals surface area contributed by atoms with Crippen LogP contribution in [0.4, 0.5) is 0 Å². The Morgan fingerprint density at radius 2 is 1.56 bits per heavy atom. The van der Waals surface area contributed by atoms with Gasteiger partial charge < -0.3 is 58.7 Å². The van der Waals surface area contributed by atoms with Gasteiger partial charge in [0, 0.05) is 12.3 Å². The van der Waals surface area contributed by atoms with Crippen LogP contribution in [0.1, 0.15) is 40.5 Å².